The minimum atomic E-state index is -1.80. The average Bonchev–Trinajstić information content (AvgIpc) is 2.53. The third-order valence-corrected chi connectivity index (χ3v) is 9.09. The molecule has 1 aromatic carbocycles. The standard InChI is InChI=1S/C20H31NO2Si/c1-20(2,3)24(4,5)23-17-19(14-9-15-21)22-16-10-13-18-11-7-6-8-12-18/h6-9,11-12,14,19H,10,13,16-17H2,1-5H3/b14-9+. The van der Waals surface area contributed by atoms with Crippen LogP contribution in [-0.4, -0.2) is 27.6 Å². The largest absolute Gasteiger partial charge is 0.414 e. The van der Waals surface area contributed by atoms with Gasteiger partial charge in [0.05, 0.1) is 18.8 Å². The van der Waals surface area contributed by atoms with Crippen molar-refractivity contribution in [3.05, 3.63) is 48.0 Å². The second-order valence-corrected chi connectivity index (χ2v) is 12.4. The molecule has 0 fully saturated rings. The summed E-state index contributed by atoms with van der Waals surface area (Å²) >= 11 is 0. The maximum atomic E-state index is 8.77. The van der Waals surface area contributed by atoms with E-state index in [0.717, 1.165) is 12.8 Å². The SMILES string of the molecule is CC(C)(C)[Si](C)(C)OCC(/C=C/C#N)OCCCc1ccccc1. The van der Waals surface area contributed by atoms with Crippen molar-refractivity contribution in [1.82, 2.24) is 0 Å². The summed E-state index contributed by atoms with van der Waals surface area (Å²) in [6, 6.07) is 12.4. The van der Waals surface area contributed by atoms with E-state index in [1.54, 1.807) is 6.08 Å². The molecule has 1 atom stereocenters. The van der Waals surface area contributed by atoms with Gasteiger partial charge >= 0.3 is 0 Å². The molecule has 0 bridgehead atoms. The molecule has 0 saturated heterocycles. The summed E-state index contributed by atoms with van der Waals surface area (Å²) in [6.45, 7) is 12.3. The minimum Gasteiger partial charge on any atom is -0.414 e. The number of benzene rings is 1. The molecule has 0 radical (unpaired) electrons. The number of nitrogens with zero attached hydrogens (tertiary/aromatic N) is 1. The van der Waals surface area contributed by atoms with Gasteiger partial charge in [0.2, 0.25) is 0 Å². The van der Waals surface area contributed by atoms with Crippen molar-refractivity contribution < 1.29 is 9.16 Å². The second kappa shape index (κ2) is 9.78. The first-order chi connectivity index (χ1) is 11.3. The fraction of sp³-hybridized carbons (Fsp3) is 0.550. The number of allylic oxidation sites excluding steroid dienone is 1. The van der Waals surface area contributed by atoms with Crippen molar-refractivity contribution >= 4 is 8.32 Å². The van der Waals surface area contributed by atoms with Crippen LogP contribution in [0.3, 0.4) is 0 Å². The Morgan fingerprint density at radius 2 is 1.88 bits per heavy atom. The molecule has 24 heavy (non-hydrogen) atoms. The van der Waals surface area contributed by atoms with Gasteiger partial charge in [-0.15, -0.1) is 0 Å². The highest BCUT2D eigenvalue weighted by Gasteiger charge is 2.37. The van der Waals surface area contributed by atoms with Crippen LogP contribution in [0.4, 0.5) is 0 Å². The van der Waals surface area contributed by atoms with Gasteiger partial charge in [-0.1, -0.05) is 51.1 Å². The lowest BCUT2D eigenvalue weighted by Crippen LogP contribution is -2.42. The fourth-order valence-electron chi connectivity index (χ4n) is 1.97. The summed E-state index contributed by atoms with van der Waals surface area (Å²) in [7, 11) is -1.80. The van der Waals surface area contributed by atoms with Gasteiger partial charge < -0.3 is 9.16 Å². The summed E-state index contributed by atoms with van der Waals surface area (Å²) < 4.78 is 12.2. The molecular formula is C20H31NO2Si. The van der Waals surface area contributed by atoms with E-state index in [-0.39, 0.29) is 11.1 Å². The second-order valence-electron chi connectivity index (χ2n) is 7.56. The zero-order chi connectivity index (χ0) is 18.1. The van der Waals surface area contributed by atoms with E-state index in [9.17, 15) is 0 Å². The molecule has 0 saturated carbocycles. The Hall–Kier alpha value is -1.41. The lowest BCUT2D eigenvalue weighted by Gasteiger charge is -2.37. The van der Waals surface area contributed by atoms with Crippen molar-refractivity contribution in [3.63, 3.8) is 0 Å². The molecule has 1 unspecified atom stereocenters. The van der Waals surface area contributed by atoms with E-state index in [1.807, 2.05) is 12.1 Å². The Labute approximate surface area is 148 Å². The first-order valence-corrected chi connectivity index (χ1v) is 11.5. The average molecular weight is 346 g/mol. The monoisotopic (exact) mass is 345 g/mol. The van der Waals surface area contributed by atoms with Crippen LogP contribution in [0.5, 0.6) is 0 Å². The highest BCUT2D eigenvalue weighted by Crippen LogP contribution is 2.36. The van der Waals surface area contributed by atoms with Gasteiger partial charge in [0.15, 0.2) is 8.32 Å². The van der Waals surface area contributed by atoms with Crippen molar-refractivity contribution in [2.45, 2.75) is 57.8 Å². The van der Waals surface area contributed by atoms with Gasteiger partial charge in [-0.05, 0) is 42.6 Å². The Morgan fingerprint density at radius 1 is 1.21 bits per heavy atom. The molecule has 0 spiro atoms. The predicted octanol–water partition coefficient (Wildman–Crippen LogP) is 5.11. The van der Waals surface area contributed by atoms with E-state index in [1.165, 1.54) is 11.6 Å². The van der Waals surface area contributed by atoms with Gasteiger partial charge in [0, 0.05) is 12.7 Å². The molecule has 0 aliphatic carbocycles. The molecule has 0 aliphatic rings. The summed E-state index contributed by atoms with van der Waals surface area (Å²) in [5.74, 6) is 0. The smallest absolute Gasteiger partial charge is 0.192 e. The van der Waals surface area contributed by atoms with Gasteiger partial charge in [-0.3, -0.25) is 0 Å². The number of ether oxygens (including phenoxy) is 1. The van der Waals surface area contributed by atoms with Crippen molar-refractivity contribution in [1.29, 1.82) is 5.26 Å². The zero-order valence-electron chi connectivity index (χ0n) is 15.7. The van der Waals surface area contributed by atoms with E-state index >= 15 is 0 Å². The molecule has 132 valence electrons. The predicted molar refractivity (Wildman–Crippen MR) is 102 cm³/mol. The molecule has 1 aromatic rings. The van der Waals surface area contributed by atoms with Crippen LogP contribution in [0.15, 0.2) is 42.5 Å². The first kappa shape index (κ1) is 20.6. The van der Waals surface area contributed by atoms with Crippen LogP contribution in [0.25, 0.3) is 0 Å². The van der Waals surface area contributed by atoms with Crippen LogP contribution >= 0.6 is 0 Å². The number of aryl methyl sites for hydroxylation is 1. The van der Waals surface area contributed by atoms with Crippen LogP contribution in [-0.2, 0) is 15.6 Å². The molecule has 4 heteroatoms. The molecule has 3 nitrogen and oxygen atoms in total. The maximum Gasteiger partial charge on any atom is 0.192 e. The lowest BCUT2D eigenvalue weighted by atomic mass is 10.1. The third kappa shape index (κ3) is 7.44. The molecule has 0 aliphatic heterocycles. The van der Waals surface area contributed by atoms with Crippen LogP contribution in [0, 0.1) is 11.3 Å². The van der Waals surface area contributed by atoms with Gasteiger partial charge in [0.25, 0.3) is 0 Å². The summed E-state index contributed by atoms with van der Waals surface area (Å²) in [4.78, 5) is 0. The van der Waals surface area contributed by atoms with Crippen molar-refractivity contribution in [2.24, 2.45) is 0 Å². The number of rotatable bonds is 9. The van der Waals surface area contributed by atoms with Crippen molar-refractivity contribution in [2.75, 3.05) is 13.2 Å². The van der Waals surface area contributed by atoms with Gasteiger partial charge in [0.1, 0.15) is 0 Å². The van der Waals surface area contributed by atoms with E-state index < -0.39 is 8.32 Å². The van der Waals surface area contributed by atoms with Crippen molar-refractivity contribution in [3.8, 4) is 6.07 Å². The lowest BCUT2D eigenvalue weighted by molar-refractivity contribution is 0.0451. The topological polar surface area (TPSA) is 42.2 Å². The van der Waals surface area contributed by atoms with Crippen LogP contribution in [0.2, 0.25) is 18.1 Å². The maximum absolute atomic E-state index is 8.77. The normalized spacial score (nSPS) is 13.8. The Bertz CT molecular complexity index is 541. The Balaban J connectivity index is 2.45. The Morgan fingerprint density at radius 3 is 2.46 bits per heavy atom. The molecular weight excluding hydrogens is 314 g/mol. The first-order valence-electron chi connectivity index (χ1n) is 8.62. The molecule has 0 amide bonds. The highest BCUT2D eigenvalue weighted by molar-refractivity contribution is 6.74. The van der Waals surface area contributed by atoms with Crippen LogP contribution in [0.1, 0.15) is 32.8 Å². The molecule has 0 heterocycles. The number of hydrogen-bond acceptors (Lipinski definition) is 3. The molecule has 1 rings (SSSR count). The Kier molecular flexibility index (Phi) is 8.41. The van der Waals surface area contributed by atoms with Gasteiger partial charge in [-0.25, -0.2) is 0 Å². The van der Waals surface area contributed by atoms with E-state index in [2.05, 4.69) is 58.1 Å². The van der Waals surface area contributed by atoms with E-state index in [4.69, 9.17) is 14.4 Å². The molecule has 0 aromatic heterocycles. The van der Waals surface area contributed by atoms with Gasteiger partial charge in [-0.2, -0.15) is 5.26 Å². The minimum absolute atomic E-state index is 0.158. The number of nitriles is 1. The summed E-state index contributed by atoms with van der Waals surface area (Å²) in [5.41, 5.74) is 1.32. The third-order valence-electron chi connectivity index (χ3n) is 4.58. The highest BCUT2D eigenvalue weighted by atomic mass is 28.4. The quantitative estimate of drug-likeness (QED) is 0.355. The molecule has 0 N–H and O–H groups in total. The summed E-state index contributed by atoms with van der Waals surface area (Å²) in [5, 5.41) is 8.94. The fourth-order valence-corrected chi connectivity index (χ4v) is 2.99. The zero-order valence-corrected chi connectivity index (χ0v) is 16.7. The van der Waals surface area contributed by atoms with E-state index in [0.29, 0.717) is 13.2 Å². The summed E-state index contributed by atoms with van der Waals surface area (Å²) in [6.07, 6.45) is 5.08. The number of hydrogen-bond donors (Lipinski definition) is 0. The van der Waals surface area contributed by atoms with Crippen LogP contribution < -0.4 is 0 Å².